The van der Waals surface area contributed by atoms with Crippen molar-refractivity contribution in [2.24, 2.45) is 0 Å². The van der Waals surface area contributed by atoms with Gasteiger partial charge in [-0.25, -0.2) is 0 Å². The standard InChI is InChI=1S/C19H31N5O/c25-19-14-20-6-7-24(19)9-8-21-15-18(16-21)23-12-10-22(11-13-23)17-4-2-1-3-5-17/h6-7,14,17-18H,1-5,8-13,15-16H2. The third-order valence-corrected chi connectivity index (χ3v) is 6.35. The summed E-state index contributed by atoms with van der Waals surface area (Å²) in [5.41, 5.74) is -0.00147. The Kier molecular flexibility index (Phi) is 5.48. The zero-order valence-corrected chi connectivity index (χ0v) is 15.2. The maximum atomic E-state index is 11.7. The van der Waals surface area contributed by atoms with Gasteiger partial charge < -0.3 is 4.57 Å². The zero-order chi connectivity index (χ0) is 17.1. The maximum absolute atomic E-state index is 11.7. The van der Waals surface area contributed by atoms with Gasteiger partial charge in [0.2, 0.25) is 0 Å². The molecule has 1 aliphatic carbocycles. The average molecular weight is 345 g/mol. The fourth-order valence-electron chi connectivity index (χ4n) is 4.68. The second kappa shape index (κ2) is 7.98. The van der Waals surface area contributed by atoms with Crippen LogP contribution in [0.5, 0.6) is 0 Å². The molecule has 0 atom stereocenters. The predicted molar refractivity (Wildman–Crippen MR) is 98.7 cm³/mol. The second-order valence-electron chi connectivity index (χ2n) is 7.89. The van der Waals surface area contributed by atoms with Crippen LogP contribution in [-0.2, 0) is 6.54 Å². The van der Waals surface area contributed by atoms with Gasteiger partial charge in [0.05, 0.1) is 6.20 Å². The highest BCUT2D eigenvalue weighted by atomic mass is 16.1. The van der Waals surface area contributed by atoms with E-state index in [1.807, 2.05) is 0 Å². The Balaban J connectivity index is 1.16. The summed E-state index contributed by atoms with van der Waals surface area (Å²) in [6.45, 7) is 9.03. The van der Waals surface area contributed by atoms with E-state index in [-0.39, 0.29) is 5.56 Å². The van der Waals surface area contributed by atoms with Gasteiger partial charge in [-0.1, -0.05) is 19.3 Å². The second-order valence-corrected chi connectivity index (χ2v) is 7.89. The summed E-state index contributed by atoms with van der Waals surface area (Å²) in [6.07, 6.45) is 12.0. The Bertz CT molecular complexity index is 598. The minimum absolute atomic E-state index is 0.00147. The minimum Gasteiger partial charge on any atom is -0.311 e. The monoisotopic (exact) mass is 345 g/mol. The van der Waals surface area contributed by atoms with E-state index in [1.165, 1.54) is 64.5 Å². The molecule has 2 saturated heterocycles. The van der Waals surface area contributed by atoms with Crippen molar-refractivity contribution >= 4 is 0 Å². The molecule has 1 aromatic rings. The van der Waals surface area contributed by atoms with Crippen LogP contribution in [0.25, 0.3) is 0 Å². The van der Waals surface area contributed by atoms with Crippen molar-refractivity contribution in [1.82, 2.24) is 24.3 Å². The highest BCUT2D eigenvalue weighted by Gasteiger charge is 2.34. The molecular weight excluding hydrogens is 314 g/mol. The van der Waals surface area contributed by atoms with Crippen molar-refractivity contribution in [3.05, 3.63) is 28.9 Å². The van der Waals surface area contributed by atoms with Crippen molar-refractivity contribution < 1.29 is 0 Å². The van der Waals surface area contributed by atoms with Crippen molar-refractivity contribution in [2.45, 2.75) is 50.7 Å². The quantitative estimate of drug-likeness (QED) is 0.793. The smallest absolute Gasteiger partial charge is 0.269 e. The van der Waals surface area contributed by atoms with Crippen LogP contribution in [-0.4, -0.2) is 82.1 Å². The number of hydrogen-bond acceptors (Lipinski definition) is 5. The number of nitrogens with zero attached hydrogens (tertiary/aromatic N) is 5. The van der Waals surface area contributed by atoms with Crippen molar-refractivity contribution in [3.8, 4) is 0 Å². The fraction of sp³-hybridized carbons (Fsp3) is 0.789. The van der Waals surface area contributed by atoms with Crippen molar-refractivity contribution in [1.29, 1.82) is 0 Å². The first-order chi connectivity index (χ1) is 12.3. The van der Waals surface area contributed by atoms with Gasteiger partial charge in [0, 0.05) is 76.8 Å². The molecule has 3 aliphatic rings. The summed E-state index contributed by atoms with van der Waals surface area (Å²) in [6, 6.07) is 1.59. The van der Waals surface area contributed by atoms with E-state index >= 15 is 0 Å². The van der Waals surface area contributed by atoms with Gasteiger partial charge in [-0.15, -0.1) is 0 Å². The van der Waals surface area contributed by atoms with Gasteiger partial charge in [-0.05, 0) is 12.8 Å². The topological polar surface area (TPSA) is 44.6 Å². The zero-order valence-electron chi connectivity index (χ0n) is 15.2. The van der Waals surface area contributed by atoms with Gasteiger partial charge >= 0.3 is 0 Å². The van der Waals surface area contributed by atoms with E-state index in [9.17, 15) is 4.79 Å². The van der Waals surface area contributed by atoms with E-state index in [1.54, 1.807) is 17.0 Å². The van der Waals surface area contributed by atoms with Gasteiger partial charge in [0.1, 0.15) is 0 Å². The van der Waals surface area contributed by atoms with Crippen LogP contribution in [0.4, 0.5) is 0 Å². The molecule has 1 aromatic heterocycles. The number of hydrogen-bond donors (Lipinski definition) is 0. The van der Waals surface area contributed by atoms with Crippen LogP contribution in [0, 0.1) is 0 Å². The average Bonchev–Trinajstić information content (AvgIpc) is 2.63. The molecule has 6 nitrogen and oxygen atoms in total. The molecule has 0 amide bonds. The van der Waals surface area contributed by atoms with Gasteiger partial charge in [0.25, 0.3) is 5.56 Å². The highest BCUT2D eigenvalue weighted by Crippen LogP contribution is 2.24. The van der Waals surface area contributed by atoms with Crippen LogP contribution < -0.4 is 5.56 Å². The van der Waals surface area contributed by atoms with E-state index in [0.717, 1.165) is 38.3 Å². The highest BCUT2D eigenvalue weighted by molar-refractivity contribution is 4.92. The number of piperazine rings is 1. The van der Waals surface area contributed by atoms with Crippen LogP contribution >= 0.6 is 0 Å². The molecule has 138 valence electrons. The summed E-state index contributed by atoms with van der Waals surface area (Å²) in [4.78, 5) is 23.4. The molecule has 0 N–H and O–H groups in total. The number of likely N-dealkylation sites (tertiary alicyclic amines) is 1. The predicted octanol–water partition coefficient (Wildman–Crippen LogP) is 0.878. The Morgan fingerprint density at radius 1 is 0.920 bits per heavy atom. The molecule has 4 rings (SSSR count). The lowest BCUT2D eigenvalue weighted by molar-refractivity contribution is -0.00826. The Hall–Kier alpha value is -1.24. The van der Waals surface area contributed by atoms with Crippen molar-refractivity contribution in [3.63, 3.8) is 0 Å². The normalized spacial score (nSPS) is 25.1. The lowest BCUT2D eigenvalue weighted by Gasteiger charge is -2.49. The van der Waals surface area contributed by atoms with Crippen LogP contribution in [0.3, 0.4) is 0 Å². The Morgan fingerprint density at radius 3 is 2.28 bits per heavy atom. The maximum Gasteiger partial charge on any atom is 0.269 e. The van der Waals surface area contributed by atoms with Crippen molar-refractivity contribution in [2.75, 3.05) is 45.8 Å². The lowest BCUT2D eigenvalue weighted by Crippen LogP contribution is -2.64. The largest absolute Gasteiger partial charge is 0.311 e. The molecule has 0 aromatic carbocycles. The van der Waals surface area contributed by atoms with Gasteiger partial charge in [-0.2, -0.15) is 0 Å². The van der Waals surface area contributed by atoms with Crippen LogP contribution in [0.2, 0.25) is 0 Å². The summed E-state index contributed by atoms with van der Waals surface area (Å²) < 4.78 is 1.75. The summed E-state index contributed by atoms with van der Waals surface area (Å²) >= 11 is 0. The molecule has 25 heavy (non-hydrogen) atoms. The number of rotatable bonds is 5. The third-order valence-electron chi connectivity index (χ3n) is 6.35. The molecule has 2 aliphatic heterocycles. The SMILES string of the molecule is O=c1cnccn1CCN1CC(N2CCN(C3CCCCC3)CC2)C1. The molecule has 3 heterocycles. The first kappa shape index (κ1) is 17.2. The molecule has 6 heteroatoms. The van der Waals surface area contributed by atoms with Crippen LogP contribution in [0.1, 0.15) is 32.1 Å². The molecule has 0 radical (unpaired) electrons. The fourth-order valence-corrected chi connectivity index (χ4v) is 4.68. The lowest BCUT2D eigenvalue weighted by atomic mass is 9.93. The summed E-state index contributed by atoms with van der Waals surface area (Å²) in [5.74, 6) is 0. The molecule has 3 fully saturated rings. The van der Waals surface area contributed by atoms with E-state index < -0.39 is 0 Å². The summed E-state index contributed by atoms with van der Waals surface area (Å²) in [7, 11) is 0. The van der Waals surface area contributed by atoms with E-state index in [4.69, 9.17) is 0 Å². The van der Waals surface area contributed by atoms with Gasteiger partial charge in [-0.3, -0.25) is 24.5 Å². The van der Waals surface area contributed by atoms with E-state index in [2.05, 4.69) is 19.7 Å². The first-order valence-electron chi connectivity index (χ1n) is 10.0. The molecule has 1 saturated carbocycles. The summed E-state index contributed by atoms with van der Waals surface area (Å²) in [5, 5.41) is 0. The number of aromatic nitrogens is 2. The first-order valence-corrected chi connectivity index (χ1v) is 10.0. The molecule has 0 spiro atoms. The third kappa shape index (κ3) is 4.13. The Morgan fingerprint density at radius 2 is 1.60 bits per heavy atom. The molecule has 0 unspecified atom stereocenters. The van der Waals surface area contributed by atoms with Crippen LogP contribution in [0.15, 0.2) is 23.4 Å². The van der Waals surface area contributed by atoms with E-state index in [0.29, 0.717) is 0 Å². The van der Waals surface area contributed by atoms with Gasteiger partial charge in [0.15, 0.2) is 0 Å². The molecular formula is C19H31N5O. The molecule has 0 bridgehead atoms. The Labute approximate surface area is 150 Å². The minimum atomic E-state index is -0.00147.